The Morgan fingerprint density at radius 1 is 1.12 bits per heavy atom. The van der Waals surface area contributed by atoms with Crippen LogP contribution in [0.4, 0.5) is 4.79 Å². The van der Waals surface area contributed by atoms with Crippen molar-refractivity contribution in [1.29, 1.82) is 0 Å². The molecule has 0 saturated carbocycles. The van der Waals surface area contributed by atoms with Gasteiger partial charge in [-0.05, 0) is 36.1 Å². The third-order valence-electron chi connectivity index (χ3n) is 3.93. The zero-order chi connectivity index (χ0) is 17.4. The van der Waals surface area contributed by atoms with E-state index in [1.165, 1.54) is 5.56 Å². The monoisotopic (exact) mass is 326 g/mol. The van der Waals surface area contributed by atoms with Crippen LogP contribution in [0.15, 0.2) is 54.6 Å². The summed E-state index contributed by atoms with van der Waals surface area (Å²) < 4.78 is 5.43. The van der Waals surface area contributed by atoms with Gasteiger partial charge >= 0.3 is 6.03 Å². The van der Waals surface area contributed by atoms with E-state index < -0.39 is 0 Å². The molecule has 2 amide bonds. The average Bonchev–Trinajstić information content (AvgIpc) is 2.62. The first-order valence-corrected chi connectivity index (χ1v) is 8.35. The van der Waals surface area contributed by atoms with Crippen molar-refractivity contribution in [2.75, 3.05) is 20.2 Å². The number of carbonyl (C=O) groups is 1. The molecule has 0 heterocycles. The average molecular weight is 326 g/mol. The van der Waals surface area contributed by atoms with E-state index in [-0.39, 0.29) is 11.9 Å². The smallest absolute Gasteiger partial charge is 0.317 e. The second kappa shape index (κ2) is 8.96. The highest BCUT2D eigenvalue weighted by atomic mass is 16.5. The standard InChI is InChI=1S/C20H26N2O2/c1-4-24-19-12-10-17(11-13-19)15-22(3)20(23)21-14-16(2)18-8-6-5-7-9-18/h5-13,16H,4,14-15H2,1-3H3,(H,21,23). The topological polar surface area (TPSA) is 41.6 Å². The van der Waals surface area contributed by atoms with E-state index in [1.807, 2.05) is 49.4 Å². The number of urea groups is 1. The van der Waals surface area contributed by atoms with Gasteiger partial charge in [0.25, 0.3) is 0 Å². The number of carbonyl (C=O) groups excluding carboxylic acids is 1. The number of rotatable bonds is 7. The van der Waals surface area contributed by atoms with E-state index in [4.69, 9.17) is 4.74 Å². The highest BCUT2D eigenvalue weighted by Gasteiger charge is 2.11. The molecule has 2 rings (SSSR count). The maximum Gasteiger partial charge on any atom is 0.317 e. The molecule has 0 aliphatic rings. The predicted molar refractivity (Wildman–Crippen MR) is 97.3 cm³/mol. The molecule has 0 aromatic heterocycles. The van der Waals surface area contributed by atoms with Crippen LogP contribution in [-0.4, -0.2) is 31.1 Å². The Morgan fingerprint density at radius 2 is 1.79 bits per heavy atom. The molecule has 0 aliphatic heterocycles. The molecule has 2 aromatic rings. The van der Waals surface area contributed by atoms with Crippen LogP contribution < -0.4 is 10.1 Å². The lowest BCUT2D eigenvalue weighted by molar-refractivity contribution is 0.206. The SMILES string of the molecule is CCOc1ccc(CN(C)C(=O)NCC(C)c2ccccc2)cc1. The summed E-state index contributed by atoms with van der Waals surface area (Å²) >= 11 is 0. The number of ether oxygens (including phenoxy) is 1. The van der Waals surface area contributed by atoms with Crippen molar-refractivity contribution in [3.63, 3.8) is 0 Å². The van der Waals surface area contributed by atoms with Crippen LogP contribution >= 0.6 is 0 Å². The molecular weight excluding hydrogens is 300 g/mol. The Kier molecular flexibility index (Phi) is 6.67. The van der Waals surface area contributed by atoms with E-state index >= 15 is 0 Å². The summed E-state index contributed by atoms with van der Waals surface area (Å²) in [5.41, 5.74) is 2.30. The molecule has 128 valence electrons. The van der Waals surface area contributed by atoms with E-state index in [0.717, 1.165) is 11.3 Å². The minimum atomic E-state index is -0.0633. The third-order valence-corrected chi connectivity index (χ3v) is 3.93. The molecule has 0 saturated heterocycles. The van der Waals surface area contributed by atoms with Gasteiger partial charge in [0.1, 0.15) is 5.75 Å². The Hall–Kier alpha value is -2.49. The number of nitrogens with zero attached hydrogens (tertiary/aromatic N) is 1. The number of amides is 2. The van der Waals surface area contributed by atoms with Crippen LogP contribution in [0.3, 0.4) is 0 Å². The lowest BCUT2D eigenvalue weighted by Crippen LogP contribution is -2.38. The maximum atomic E-state index is 12.2. The van der Waals surface area contributed by atoms with E-state index in [0.29, 0.717) is 19.7 Å². The van der Waals surface area contributed by atoms with Gasteiger partial charge in [-0.15, -0.1) is 0 Å². The van der Waals surface area contributed by atoms with Gasteiger partial charge < -0.3 is 15.0 Å². The Morgan fingerprint density at radius 3 is 2.42 bits per heavy atom. The fourth-order valence-electron chi connectivity index (χ4n) is 2.48. The Balaban J connectivity index is 1.81. The molecule has 0 fully saturated rings. The number of nitrogens with one attached hydrogen (secondary N) is 1. The first-order chi connectivity index (χ1) is 11.6. The summed E-state index contributed by atoms with van der Waals surface area (Å²) in [4.78, 5) is 13.9. The first-order valence-electron chi connectivity index (χ1n) is 8.35. The van der Waals surface area contributed by atoms with Crippen molar-refractivity contribution in [1.82, 2.24) is 10.2 Å². The van der Waals surface area contributed by atoms with Crippen LogP contribution in [0.1, 0.15) is 30.9 Å². The van der Waals surface area contributed by atoms with Gasteiger partial charge in [0.05, 0.1) is 6.61 Å². The number of hydrogen-bond acceptors (Lipinski definition) is 2. The lowest BCUT2D eigenvalue weighted by atomic mass is 10.0. The van der Waals surface area contributed by atoms with Crippen molar-refractivity contribution >= 4 is 6.03 Å². The van der Waals surface area contributed by atoms with E-state index in [2.05, 4.69) is 24.4 Å². The van der Waals surface area contributed by atoms with Crippen molar-refractivity contribution in [3.05, 3.63) is 65.7 Å². The van der Waals surface area contributed by atoms with Gasteiger partial charge in [0.15, 0.2) is 0 Å². The molecule has 1 unspecified atom stereocenters. The summed E-state index contributed by atoms with van der Waals surface area (Å²) in [5.74, 6) is 1.14. The molecular formula is C20H26N2O2. The molecule has 0 aliphatic carbocycles. The minimum Gasteiger partial charge on any atom is -0.494 e. The van der Waals surface area contributed by atoms with Crippen LogP contribution in [0.25, 0.3) is 0 Å². The Bertz CT molecular complexity index is 626. The highest BCUT2D eigenvalue weighted by molar-refractivity contribution is 5.73. The predicted octanol–water partition coefficient (Wildman–Crippen LogP) is 4.03. The van der Waals surface area contributed by atoms with Gasteiger partial charge in [0, 0.05) is 20.1 Å². The van der Waals surface area contributed by atoms with Crippen LogP contribution in [0.5, 0.6) is 5.75 Å². The molecule has 4 nitrogen and oxygen atoms in total. The second-order valence-corrected chi connectivity index (χ2v) is 5.93. The molecule has 0 spiro atoms. The van der Waals surface area contributed by atoms with Crippen molar-refractivity contribution in [2.24, 2.45) is 0 Å². The highest BCUT2D eigenvalue weighted by Crippen LogP contribution is 2.14. The molecule has 4 heteroatoms. The summed E-state index contributed by atoms with van der Waals surface area (Å²) in [6.45, 7) is 5.92. The third kappa shape index (κ3) is 5.30. The van der Waals surface area contributed by atoms with Gasteiger partial charge in [0.2, 0.25) is 0 Å². The fourth-order valence-corrected chi connectivity index (χ4v) is 2.48. The molecule has 1 N–H and O–H groups in total. The summed E-state index contributed by atoms with van der Waals surface area (Å²) in [6, 6.07) is 18.0. The van der Waals surface area contributed by atoms with Gasteiger partial charge in [-0.1, -0.05) is 49.4 Å². The lowest BCUT2D eigenvalue weighted by Gasteiger charge is -2.20. The summed E-state index contributed by atoms with van der Waals surface area (Å²) in [7, 11) is 1.80. The molecule has 2 aromatic carbocycles. The second-order valence-electron chi connectivity index (χ2n) is 5.93. The summed E-state index contributed by atoms with van der Waals surface area (Å²) in [5, 5.41) is 2.99. The number of hydrogen-bond donors (Lipinski definition) is 1. The molecule has 0 bridgehead atoms. The minimum absolute atomic E-state index is 0.0633. The van der Waals surface area contributed by atoms with E-state index in [1.54, 1.807) is 11.9 Å². The van der Waals surface area contributed by atoms with Gasteiger partial charge in [-0.2, -0.15) is 0 Å². The largest absolute Gasteiger partial charge is 0.494 e. The van der Waals surface area contributed by atoms with Crippen molar-refractivity contribution in [2.45, 2.75) is 26.3 Å². The van der Waals surface area contributed by atoms with Crippen molar-refractivity contribution in [3.8, 4) is 5.75 Å². The van der Waals surface area contributed by atoms with Crippen molar-refractivity contribution < 1.29 is 9.53 Å². The Labute approximate surface area is 144 Å². The number of benzene rings is 2. The zero-order valence-corrected chi connectivity index (χ0v) is 14.7. The maximum absolute atomic E-state index is 12.2. The fraction of sp³-hybridized carbons (Fsp3) is 0.350. The summed E-state index contributed by atoms with van der Waals surface area (Å²) in [6.07, 6.45) is 0. The molecule has 24 heavy (non-hydrogen) atoms. The van der Waals surface area contributed by atoms with E-state index in [9.17, 15) is 4.79 Å². The molecule has 1 atom stereocenters. The van der Waals surface area contributed by atoms with Crippen LogP contribution in [0, 0.1) is 0 Å². The first kappa shape index (κ1) is 17.9. The zero-order valence-electron chi connectivity index (χ0n) is 14.7. The quantitative estimate of drug-likeness (QED) is 0.834. The normalized spacial score (nSPS) is 11.6. The van der Waals surface area contributed by atoms with Gasteiger partial charge in [-0.3, -0.25) is 0 Å². The van der Waals surface area contributed by atoms with Gasteiger partial charge in [-0.25, -0.2) is 4.79 Å². The van der Waals surface area contributed by atoms with Crippen LogP contribution in [0.2, 0.25) is 0 Å². The molecule has 0 radical (unpaired) electrons. The van der Waals surface area contributed by atoms with Crippen LogP contribution in [-0.2, 0) is 6.54 Å².